The third-order valence-electron chi connectivity index (χ3n) is 3.11. The predicted molar refractivity (Wildman–Crippen MR) is 87.4 cm³/mol. The quantitative estimate of drug-likeness (QED) is 0.590. The number of carbonyl (C=O) groups excluding carboxylic acids is 1. The van der Waals surface area contributed by atoms with Crippen LogP contribution in [0.3, 0.4) is 0 Å². The normalized spacial score (nSPS) is 11.3. The summed E-state index contributed by atoms with van der Waals surface area (Å²) in [5, 5.41) is 6.10. The molecular formula is C16H24F2N4O. The van der Waals surface area contributed by atoms with Crippen molar-refractivity contribution in [3.63, 3.8) is 0 Å². The van der Waals surface area contributed by atoms with Crippen LogP contribution in [0.1, 0.15) is 18.9 Å². The second kappa shape index (κ2) is 9.76. The van der Waals surface area contributed by atoms with Crippen LogP contribution in [0, 0.1) is 11.6 Å². The molecule has 1 rings (SSSR count). The Labute approximate surface area is 135 Å². The summed E-state index contributed by atoms with van der Waals surface area (Å²) < 4.78 is 26.7. The first-order valence-electron chi connectivity index (χ1n) is 7.60. The van der Waals surface area contributed by atoms with E-state index in [9.17, 15) is 13.6 Å². The molecule has 1 amide bonds. The largest absolute Gasteiger partial charge is 0.356 e. The highest BCUT2D eigenvalue weighted by atomic mass is 19.1. The van der Waals surface area contributed by atoms with Gasteiger partial charge in [-0.05, 0) is 36.6 Å². The lowest BCUT2D eigenvalue weighted by atomic mass is 10.1. The lowest BCUT2D eigenvalue weighted by Gasteiger charge is -2.13. The highest BCUT2D eigenvalue weighted by Crippen LogP contribution is 2.09. The first-order valence-corrected chi connectivity index (χ1v) is 7.60. The maximum atomic E-state index is 13.5. The lowest BCUT2D eigenvalue weighted by Crippen LogP contribution is -2.39. The summed E-state index contributed by atoms with van der Waals surface area (Å²) in [6, 6.07) is 3.39. The minimum absolute atomic E-state index is 0.0281. The van der Waals surface area contributed by atoms with Crippen molar-refractivity contribution in [1.82, 2.24) is 15.5 Å². The number of likely N-dealkylation sites (N-methyl/N-ethyl adjacent to an activating group) is 1. The Hall–Kier alpha value is -2.18. The summed E-state index contributed by atoms with van der Waals surface area (Å²) in [5.41, 5.74) is 0.303. The SMILES string of the molecule is CCCNC(=NCC(=O)N(C)C)NCCc1cc(F)ccc1F. The van der Waals surface area contributed by atoms with Crippen LogP contribution >= 0.6 is 0 Å². The van der Waals surface area contributed by atoms with Crippen molar-refractivity contribution in [2.45, 2.75) is 19.8 Å². The molecule has 0 fully saturated rings. The van der Waals surface area contributed by atoms with E-state index >= 15 is 0 Å². The van der Waals surface area contributed by atoms with Gasteiger partial charge in [-0.1, -0.05) is 6.92 Å². The number of nitrogens with zero attached hydrogens (tertiary/aromatic N) is 2. The molecule has 0 aliphatic rings. The molecule has 7 heteroatoms. The van der Waals surface area contributed by atoms with E-state index in [0.717, 1.165) is 18.6 Å². The number of halogens is 2. The van der Waals surface area contributed by atoms with Gasteiger partial charge in [0.15, 0.2) is 5.96 Å². The van der Waals surface area contributed by atoms with Crippen LogP contribution in [-0.2, 0) is 11.2 Å². The Balaban J connectivity index is 2.58. The standard InChI is InChI=1S/C16H24F2N4O/c1-4-8-19-16(21-11-15(23)22(2)3)20-9-7-12-10-13(17)5-6-14(12)18/h5-6,10H,4,7-9,11H2,1-3H3,(H2,19,20,21). The third-order valence-corrected chi connectivity index (χ3v) is 3.11. The van der Waals surface area contributed by atoms with Crippen molar-refractivity contribution in [2.24, 2.45) is 4.99 Å². The molecule has 1 aromatic carbocycles. The molecule has 23 heavy (non-hydrogen) atoms. The number of benzene rings is 1. The summed E-state index contributed by atoms with van der Waals surface area (Å²) in [6.07, 6.45) is 1.22. The smallest absolute Gasteiger partial charge is 0.243 e. The Morgan fingerprint density at radius 3 is 2.57 bits per heavy atom. The van der Waals surface area contributed by atoms with E-state index in [-0.39, 0.29) is 12.5 Å². The summed E-state index contributed by atoms with van der Waals surface area (Å²) in [7, 11) is 3.33. The zero-order valence-electron chi connectivity index (χ0n) is 13.8. The molecule has 1 aromatic rings. The molecule has 0 saturated carbocycles. The fraction of sp³-hybridized carbons (Fsp3) is 0.500. The van der Waals surface area contributed by atoms with E-state index in [4.69, 9.17) is 0 Å². The minimum Gasteiger partial charge on any atom is -0.356 e. The van der Waals surface area contributed by atoms with Gasteiger partial charge in [0.05, 0.1) is 0 Å². The number of aliphatic imine (C=N–C) groups is 1. The van der Waals surface area contributed by atoms with Crippen molar-refractivity contribution < 1.29 is 13.6 Å². The van der Waals surface area contributed by atoms with Crippen LogP contribution in [0.4, 0.5) is 8.78 Å². The van der Waals surface area contributed by atoms with Gasteiger partial charge >= 0.3 is 0 Å². The monoisotopic (exact) mass is 326 g/mol. The maximum absolute atomic E-state index is 13.5. The first kappa shape index (κ1) is 18.9. The summed E-state index contributed by atoms with van der Waals surface area (Å²) in [5.74, 6) is -0.524. The van der Waals surface area contributed by atoms with E-state index in [2.05, 4.69) is 15.6 Å². The van der Waals surface area contributed by atoms with E-state index in [1.54, 1.807) is 14.1 Å². The zero-order valence-corrected chi connectivity index (χ0v) is 13.8. The van der Waals surface area contributed by atoms with E-state index in [1.807, 2.05) is 6.92 Å². The first-order chi connectivity index (χ1) is 10.9. The fourth-order valence-corrected chi connectivity index (χ4v) is 1.76. The summed E-state index contributed by atoms with van der Waals surface area (Å²) in [4.78, 5) is 17.2. The van der Waals surface area contributed by atoms with Gasteiger partial charge in [0, 0.05) is 27.2 Å². The van der Waals surface area contributed by atoms with Crippen molar-refractivity contribution in [2.75, 3.05) is 33.7 Å². The van der Waals surface area contributed by atoms with Gasteiger partial charge in [0.25, 0.3) is 0 Å². The van der Waals surface area contributed by atoms with Crippen molar-refractivity contribution in [3.05, 3.63) is 35.4 Å². The van der Waals surface area contributed by atoms with Crippen LogP contribution < -0.4 is 10.6 Å². The van der Waals surface area contributed by atoms with Crippen LogP contribution in [0.2, 0.25) is 0 Å². The Bertz CT molecular complexity index is 547. The Kier molecular flexibility index (Phi) is 8.01. The second-order valence-electron chi connectivity index (χ2n) is 5.29. The number of guanidine groups is 1. The van der Waals surface area contributed by atoms with Crippen LogP contribution in [-0.4, -0.2) is 50.5 Å². The van der Waals surface area contributed by atoms with Gasteiger partial charge in [-0.3, -0.25) is 4.79 Å². The van der Waals surface area contributed by atoms with Crippen molar-refractivity contribution in [1.29, 1.82) is 0 Å². The molecule has 5 nitrogen and oxygen atoms in total. The van der Waals surface area contributed by atoms with E-state index in [1.165, 1.54) is 11.0 Å². The maximum Gasteiger partial charge on any atom is 0.243 e. The van der Waals surface area contributed by atoms with E-state index < -0.39 is 11.6 Å². The molecule has 0 saturated heterocycles. The molecule has 0 aliphatic carbocycles. The summed E-state index contributed by atoms with van der Waals surface area (Å²) >= 11 is 0. The fourth-order valence-electron chi connectivity index (χ4n) is 1.76. The molecule has 0 heterocycles. The average Bonchev–Trinajstić information content (AvgIpc) is 2.52. The van der Waals surface area contributed by atoms with Gasteiger partial charge < -0.3 is 15.5 Å². The predicted octanol–water partition coefficient (Wildman–Crippen LogP) is 1.54. The minimum atomic E-state index is -0.462. The highest BCUT2D eigenvalue weighted by molar-refractivity contribution is 5.84. The van der Waals surface area contributed by atoms with Gasteiger partial charge in [0.1, 0.15) is 18.2 Å². The number of rotatable bonds is 7. The lowest BCUT2D eigenvalue weighted by molar-refractivity contribution is -0.127. The van der Waals surface area contributed by atoms with Crippen molar-refractivity contribution in [3.8, 4) is 0 Å². The molecular weight excluding hydrogens is 302 g/mol. The van der Waals surface area contributed by atoms with Crippen LogP contribution in [0.5, 0.6) is 0 Å². The number of hydrogen-bond acceptors (Lipinski definition) is 2. The van der Waals surface area contributed by atoms with Crippen molar-refractivity contribution >= 4 is 11.9 Å². The Morgan fingerprint density at radius 1 is 1.22 bits per heavy atom. The number of nitrogens with one attached hydrogen (secondary N) is 2. The molecule has 2 N–H and O–H groups in total. The molecule has 0 aliphatic heterocycles. The summed E-state index contributed by atoms with van der Waals surface area (Å²) in [6.45, 7) is 3.13. The van der Waals surface area contributed by atoms with Gasteiger partial charge in [-0.2, -0.15) is 0 Å². The number of carbonyl (C=O) groups is 1. The highest BCUT2D eigenvalue weighted by Gasteiger charge is 2.06. The van der Waals surface area contributed by atoms with Gasteiger partial charge in [-0.15, -0.1) is 0 Å². The Morgan fingerprint density at radius 2 is 1.91 bits per heavy atom. The molecule has 128 valence electrons. The third kappa shape index (κ3) is 7.08. The molecule has 0 unspecified atom stereocenters. The number of amides is 1. The topological polar surface area (TPSA) is 56.7 Å². The number of hydrogen-bond donors (Lipinski definition) is 2. The van der Waals surface area contributed by atoms with Crippen LogP contribution in [0.15, 0.2) is 23.2 Å². The van der Waals surface area contributed by atoms with E-state index in [0.29, 0.717) is 31.0 Å². The molecule has 0 aromatic heterocycles. The average molecular weight is 326 g/mol. The molecule has 0 atom stereocenters. The van der Waals surface area contributed by atoms with Crippen LogP contribution in [0.25, 0.3) is 0 Å². The van der Waals surface area contributed by atoms with Gasteiger partial charge in [-0.25, -0.2) is 13.8 Å². The second-order valence-corrected chi connectivity index (χ2v) is 5.29. The zero-order chi connectivity index (χ0) is 17.2. The molecule has 0 bridgehead atoms. The van der Waals surface area contributed by atoms with Gasteiger partial charge in [0.2, 0.25) is 5.91 Å². The molecule has 0 spiro atoms. The molecule has 0 radical (unpaired) electrons.